The van der Waals surface area contributed by atoms with Crippen molar-refractivity contribution in [2.24, 2.45) is 11.1 Å². The summed E-state index contributed by atoms with van der Waals surface area (Å²) >= 11 is 1.40. The van der Waals surface area contributed by atoms with Crippen LogP contribution in [0.3, 0.4) is 0 Å². The Morgan fingerprint density at radius 1 is 1.42 bits per heavy atom. The van der Waals surface area contributed by atoms with Crippen LogP contribution in [-0.4, -0.2) is 42.2 Å². The number of thiazole rings is 1. The van der Waals surface area contributed by atoms with Crippen LogP contribution in [0.4, 0.5) is 0 Å². The monoisotopic (exact) mass is 345 g/mol. The number of rotatable bonds is 3. The normalized spacial score (nSPS) is 22.2. The number of aromatic nitrogens is 1. The summed E-state index contributed by atoms with van der Waals surface area (Å²) in [7, 11) is 0. The van der Waals surface area contributed by atoms with Crippen molar-refractivity contribution in [3.63, 3.8) is 0 Å². The van der Waals surface area contributed by atoms with E-state index in [1.807, 2.05) is 23.1 Å². The van der Waals surface area contributed by atoms with Crippen molar-refractivity contribution in [2.75, 3.05) is 26.4 Å². The van der Waals surface area contributed by atoms with Crippen LogP contribution in [0.25, 0.3) is 10.6 Å². The molecule has 0 saturated carbocycles. The van der Waals surface area contributed by atoms with E-state index in [9.17, 15) is 4.79 Å². The molecule has 24 heavy (non-hydrogen) atoms. The molecule has 7 heteroatoms. The average molecular weight is 345 g/mol. The molecule has 0 bridgehead atoms. The third-order valence-electron chi connectivity index (χ3n) is 4.67. The highest BCUT2D eigenvalue weighted by atomic mass is 32.1. The Labute approximate surface area is 144 Å². The van der Waals surface area contributed by atoms with E-state index in [1.165, 1.54) is 11.3 Å². The Kier molecular flexibility index (Phi) is 3.69. The Morgan fingerprint density at radius 2 is 2.25 bits per heavy atom. The standard InChI is InChI=1S/C17H19N3O3S/c1-17(8-18)4-5-20(9-17)16(21)14-7-19-15(24-14)11-2-3-12-13(6-11)23-10-22-12/h2-3,6-7H,4-5,8-10,18H2,1H3. The van der Waals surface area contributed by atoms with Gasteiger partial charge >= 0.3 is 0 Å². The van der Waals surface area contributed by atoms with Crippen LogP contribution >= 0.6 is 11.3 Å². The van der Waals surface area contributed by atoms with Gasteiger partial charge in [-0.1, -0.05) is 6.92 Å². The van der Waals surface area contributed by atoms with Gasteiger partial charge in [0.05, 0.1) is 6.20 Å². The third-order valence-corrected chi connectivity index (χ3v) is 5.71. The van der Waals surface area contributed by atoms with Gasteiger partial charge in [-0.15, -0.1) is 11.3 Å². The summed E-state index contributed by atoms with van der Waals surface area (Å²) in [5.41, 5.74) is 6.78. The predicted octanol–water partition coefficient (Wildman–Crippen LogP) is 2.35. The second-order valence-corrected chi connectivity index (χ2v) is 7.62. The fourth-order valence-corrected chi connectivity index (χ4v) is 3.94. The first-order valence-corrected chi connectivity index (χ1v) is 8.75. The zero-order chi connectivity index (χ0) is 16.7. The van der Waals surface area contributed by atoms with Gasteiger partial charge in [-0.05, 0) is 36.6 Å². The first-order valence-electron chi connectivity index (χ1n) is 7.93. The SMILES string of the molecule is CC1(CN)CCN(C(=O)c2cnc(-c3ccc4c(c3)OCO4)s2)C1. The van der Waals surface area contributed by atoms with Gasteiger partial charge in [-0.25, -0.2) is 4.98 Å². The van der Waals surface area contributed by atoms with Crippen molar-refractivity contribution in [1.29, 1.82) is 0 Å². The molecule has 1 amide bonds. The average Bonchev–Trinajstić information content (AvgIpc) is 3.33. The lowest BCUT2D eigenvalue weighted by Gasteiger charge is -2.22. The minimum Gasteiger partial charge on any atom is -0.454 e. The molecule has 1 fully saturated rings. The molecule has 0 radical (unpaired) electrons. The second-order valence-electron chi connectivity index (χ2n) is 6.59. The van der Waals surface area contributed by atoms with Crippen LogP contribution in [0.1, 0.15) is 23.0 Å². The second kappa shape index (κ2) is 5.75. The number of hydrogen-bond donors (Lipinski definition) is 1. The maximum Gasteiger partial charge on any atom is 0.265 e. The summed E-state index contributed by atoms with van der Waals surface area (Å²) < 4.78 is 10.7. The fraction of sp³-hybridized carbons (Fsp3) is 0.412. The summed E-state index contributed by atoms with van der Waals surface area (Å²) in [6, 6.07) is 5.70. The summed E-state index contributed by atoms with van der Waals surface area (Å²) in [6.45, 7) is 4.44. The molecule has 2 aliphatic rings. The number of fused-ring (bicyclic) bond motifs is 1. The van der Waals surface area contributed by atoms with Crippen molar-refractivity contribution in [2.45, 2.75) is 13.3 Å². The number of hydrogen-bond acceptors (Lipinski definition) is 6. The van der Waals surface area contributed by atoms with E-state index in [0.29, 0.717) is 23.7 Å². The highest BCUT2D eigenvalue weighted by Crippen LogP contribution is 2.37. The summed E-state index contributed by atoms with van der Waals surface area (Å²) in [5.74, 6) is 1.50. The molecule has 1 atom stereocenters. The van der Waals surface area contributed by atoms with Gasteiger partial charge in [0.25, 0.3) is 5.91 Å². The number of amides is 1. The van der Waals surface area contributed by atoms with Gasteiger partial charge in [0.15, 0.2) is 11.5 Å². The van der Waals surface area contributed by atoms with Crippen LogP contribution in [-0.2, 0) is 0 Å². The molecule has 1 aromatic carbocycles. The number of ether oxygens (including phenoxy) is 2. The first kappa shape index (κ1) is 15.4. The molecule has 3 heterocycles. The van der Waals surface area contributed by atoms with E-state index in [2.05, 4.69) is 11.9 Å². The Morgan fingerprint density at radius 3 is 3.04 bits per heavy atom. The lowest BCUT2D eigenvalue weighted by atomic mass is 9.90. The van der Waals surface area contributed by atoms with Crippen LogP contribution < -0.4 is 15.2 Å². The van der Waals surface area contributed by atoms with Crippen LogP contribution in [0, 0.1) is 5.41 Å². The number of carbonyl (C=O) groups excluding carboxylic acids is 1. The van der Waals surface area contributed by atoms with E-state index in [-0.39, 0.29) is 18.1 Å². The molecule has 6 nitrogen and oxygen atoms in total. The third kappa shape index (κ3) is 2.63. The largest absolute Gasteiger partial charge is 0.454 e. The molecular weight excluding hydrogens is 326 g/mol. The highest BCUT2D eigenvalue weighted by Gasteiger charge is 2.35. The molecule has 2 N–H and O–H groups in total. The molecule has 126 valence electrons. The molecule has 1 aromatic heterocycles. The quantitative estimate of drug-likeness (QED) is 0.924. The zero-order valence-corrected chi connectivity index (χ0v) is 14.3. The van der Waals surface area contributed by atoms with Gasteiger partial charge in [-0.3, -0.25) is 4.79 Å². The van der Waals surface area contributed by atoms with Crippen LogP contribution in [0.2, 0.25) is 0 Å². The van der Waals surface area contributed by atoms with Gasteiger partial charge < -0.3 is 20.1 Å². The molecule has 2 aliphatic heterocycles. The number of nitrogens with two attached hydrogens (primary N) is 1. The number of carbonyl (C=O) groups is 1. The van der Waals surface area contributed by atoms with Gasteiger partial charge in [-0.2, -0.15) is 0 Å². The minimum atomic E-state index is 0.0283. The van der Waals surface area contributed by atoms with Crippen molar-refractivity contribution >= 4 is 17.2 Å². The molecular formula is C17H19N3O3S. The summed E-state index contributed by atoms with van der Waals surface area (Å²) in [6.07, 6.45) is 2.61. The van der Waals surface area contributed by atoms with Gasteiger partial charge in [0, 0.05) is 18.7 Å². The van der Waals surface area contributed by atoms with E-state index >= 15 is 0 Å². The summed E-state index contributed by atoms with van der Waals surface area (Å²) in [5, 5.41) is 0.803. The fourth-order valence-electron chi connectivity index (χ4n) is 3.06. The van der Waals surface area contributed by atoms with Crippen molar-refractivity contribution < 1.29 is 14.3 Å². The van der Waals surface area contributed by atoms with Gasteiger partial charge in [0.2, 0.25) is 6.79 Å². The lowest BCUT2D eigenvalue weighted by molar-refractivity contribution is 0.0781. The van der Waals surface area contributed by atoms with E-state index in [0.717, 1.165) is 29.3 Å². The maximum absolute atomic E-state index is 12.7. The van der Waals surface area contributed by atoms with E-state index in [1.54, 1.807) is 6.20 Å². The number of nitrogens with zero attached hydrogens (tertiary/aromatic N) is 2. The molecule has 0 spiro atoms. The Hall–Kier alpha value is -2.12. The molecule has 4 rings (SSSR count). The molecule has 2 aromatic rings. The van der Waals surface area contributed by atoms with Crippen molar-refractivity contribution in [1.82, 2.24) is 9.88 Å². The van der Waals surface area contributed by atoms with Crippen LogP contribution in [0.5, 0.6) is 11.5 Å². The van der Waals surface area contributed by atoms with E-state index < -0.39 is 0 Å². The van der Waals surface area contributed by atoms with E-state index in [4.69, 9.17) is 15.2 Å². The molecule has 1 unspecified atom stereocenters. The minimum absolute atomic E-state index is 0.0283. The number of benzene rings is 1. The smallest absolute Gasteiger partial charge is 0.265 e. The first-order chi connectivity index (χ1) is 11.6. The Balaban J connectivity index is 1.54. The molecule has 1 saturated heterocycles. The summed E-state index contributed by atoms with van der Waals surface area (Å²) in [4.78, 5) is 19.6. The maximum atomic E-state index is 12.7. The molecule has 0 aliphatic carbocycles. The number of likely N-dealkylation sites (tertiary alicyclic amines) is 1. The lowest BCUT2D eigenvalue weighted by Crippen LogP contribution is -2.34. The van der Waals surface area contributed by atoms with Crippen molar-refractivity contribution in [3.8, 4) is 22.1 Å². The highest BCUT2D eigenvalue weighted by molar-refractivity contribution is 7.16. The zero-order valence-electron chi connectivity index (χ0n) is 13.4. The Bertz CT molecular complexity index is 791. The topological polar surface area (TPSA) is 77.7 Å². The predicted molar refractivity (Wildman–Crippen MR) is 91.4 cm³/mol. The van der Waals surface area contributed by atoms with Gasteiger partial charge in [0.1, 0.15) is 9.88 Å². The van der Waals surface area contributed by atoms with Crippen molar-refractivity contribution in [3.05, 3.63) is 29.3 Å². The van der Waals surface area contributed by atoms with Crippen LogP contribution in [0.15, 0.2) is 24.4 Å².